The molecule has 1 saturated heterocycles. The highest BCUT2D eigenvalue weighted by Crippen LogP contribution is 2.19. The number of nitrogens with one attached hydrogen (secondary N) is 1. The van der Waals surface area contributed by atoms with Gasteiger partial charge in [-0.2, -0.15) is 0 Å². The molecule has 0 unspecified atom stereocenters. The van der Waals surface area contributed by atoms with E-state index in [-0.39, 0.29) is 17.7 Å². The van der Waals surface area contributed by atoms with Crippen LogP contribution in [0.4, 0.5) is 5.82 Å². The Kier molecular flexibility index (Phi) is 4.14. The molecular formula is C14H19N3O2. The van der Waals surface area contributed by atoms with Crippen LogP contribution in [0.25, 0.3) is 0 Å². The first-order chi connectivity index (χ1) is 9.06. The van der Waals surface area contributed by atoms with E-state index in [1.165, 1.54) is 0 Å². The maximum absolute atomic E-state index is 11.4. The average Bonchev–Trinajstić information content (AvgIpc) is 2.39. The van der Waals surface area contributed by atoms with Gasteiger partial charge in [-0.25, -0.2) is 4.98 Å². The quantitative estimate of drug-likeness (QED) is 0.835. The van der Waals surface area contributed by atoms with Crippen molar-refractivity contribution in [3.8, 4) is 0 Å². The Morgan fingerprint density at radius 3 is 2.58 bits per heavy atom. The van der Waals surface area contributed by atoms with Crippen molar-refractivity contribution in [3.63, 3.8) is 0 Å². The van der Waals surface area contributed by atoms with E-state index >= 15 is 0 Å². The Balaban J connectivity index is 1.99. The van der Waals surface area contributed by atoms with Gasteiger partial charge < -0.3 is 10.2 Å². The maximum atomic E-state index is 11.4. The number of carbonyl (C=O) groups excluding carboxylic acids is 2. The van der Waals surface area contributed by atoms with E-state index in [2.05, 4.69) is 15.2 Å². The third kappa shape index (κ3) is 3.53. The number of rotatable bonds is 3. The zero-order valence-electron chi connectivity index (χ0n) is 11.3. The van der Waals surface area contributed by atoms with Crippen LogP contribution < -0.4 is 10.2 Å². The van der Waals surface area contributed by atoms with Crippen molar-refractivity contribution < 1.29 is 9.59 Å². The van der Waals surface area contributed by atoms with Gasteiger partial charge in [0, 0.05) is 37.8 Å². The fraction of sp³-hybridized carbons (Fsp3) is 0.500. The van der Waals surface area contributed by atoms with E-state index in [0.717, 1.165) is 31.7 Å². The minimum absolute atomic E-state index is 0.0233. The third-order valence-electron chi connectivity index (χ3n) is 3.38. The Morgan fingerprint density at radius 2 is 2.00 bits per heavy atom. The van der Waals surface area contributed by atoms with Gasteiger partial charge in [0.15, 0.2) is 5.78 Å². The standard InChI is InChI=1S/C14H19N3O2/c1-10(18)12-3-6-15-14(9-12)17-7-4-13(5-8-17)16-11(2)19/h3,6,9,13H,4-5,7-8H2,1-2H3,(H,16,19). The molecule has 1 aliphatic heterocycles. The SMILES string of the molecule is CC(=O)NC1CCN(c2cc(C(C)=O)ccn2)CC1. The number of piperidine rings is 1. The second-order valence-corrected chi connectivity index (χ2v) is 4.92. The largest absolute Gasteiger partial charge is 0.356 e. The number of anilines is 1. The van der Waals surface area contributed by atoms with Gasteiger partial charge in [-0.15, -0.1) is 0 Å². The Morgan fingerprint density at radius 1 is 1.32 bits per heavy atom. The second-order valence-electron chi connectivity index (χ2n) is 4.92. The molecular weight excluding hydrogens is 242 g/mol. The van der Waals surface area contributed by atoms with Gasteiger partial charge >= 0.3 is 0 Å². The molecule has 1 aromatic rings. The zero-order chi connectivity index (χ0) is 13.8. The molecule has 1 N–H and O–H groups in total. The van der Waals surface area contributed by atoms with Crippen LogP contribution in [0.5, 0.6) is 0 Å². The molecule has 2 rings (SSSR count). The van der Waals surface area contributed by atoms with Crippen LogP contribution in [0.3, 0.4) is 0 Å². The first-order valence-corrected chi connectivity index (χ1v) is 6.55. The summed E-state index contributed by atoms with van der Waals surface area (Å²) in [6, 6.07) is 3.82. The highest BCUT2D eigenvalue weighted by molar-refractivity contribution is 5.94. The van der Waals surface area contributed by atoms with Crippen LogP contribution >= 0.6 is 0 Å². The lowest BCUT2D eigenvalue weighted by atomic mass is 10.0. The van der Waals surface area contributed by atoms with Gasteiger partial charge in [0.1, 0.15) is 5.82 Å². The van der Waals surface area contributed by atoms with E-state index < -0.39 is 0 Å². The molecule has 1 amide bonds. The average molecular weight is 261 g/mol. The lowest BCUT2D eigenvalue weighted by Crippen LogP contribution is -2.44. The molecule has 0 aliphatic carbocycles. The summed E-state index contributed by atoms with van der Waals surface area (Å²) >= 11 is 0. The molecule has 1 aromatic heterocycles. The summed E-state index contributed by atoms with van der Waals surface area (Å²) < 4.78 is 0. The topological polar surface area (TPSA) is 62.3 Å². The van der Waals surface area contributed by atoms with E-state index in [0.29, 0.717) is 5.56 Å². The van der Waals surface area contributed by atoms with Crippen LogP contribution in [-0.4, -0.2) is 35.8 Å². The fourth-order valence-electron chi connectivity index (χ4n) is 2.35. The van der Waals surface area contributed by atoms with Crippen molar-refractivity contribution in [1.29, 1.82) is 0 Å². The van der Waals surface area contributed by atoms with E-state index in [1.807, 2.05) is 6.07 Å². The number of carbonyl (C=O) groups is 2. The molecule has 19 heavy (non-hydrogen) atoms. The number of pyridine rings is 1. The molecule has 5 nitrogen and oxygen atoms in total. The summed E-state index contributed by atoms with van der Waals surface area (Å²) in [5.41, 5.74) is 0.689. The first-order valence-electron chi connectivity index (χ1n) is 6.55. The van der Waals surface area contributed by atoms with Crippen molar-refractivity contribution >= 4 is 17.5 Å². The van der Waals surface area contributed by atoms with Crippen LogP contribution in [0.1, 0.15) is 37.0 Å². The molecule has 1 aliphatic rings. The fourth-order valence-corrected chi connectivity index (χ4v) is 2.35. The van der Waals surface area contributed by atoms with Crippen molar-refractivity contribution in [3.05, 3.63) is 23.9 Å². The minimum atomic E-state index is 0.0233. The van der Waals surface area contributed by atoms with Gasteiger partial charge in [0.05, 0.1) is 0 Å². The van der Waals surface area contributed by atoms with Gasteiger partial charge in [-0.05, 0) is 31.9 Å². The summed E-state index contributed by atoms with van der Waals surface area (Å²) in [5.74, 6) is 0.918. The number of hydrogen-bond acceptors (Lipinski definition) is 4. The van der Waals surface area contributed by atoms with E-state index in [4.69, 9.17) is 0 Å². The second kappa shape index (κ2) is 5.82. The zero-order valence-corrected chi connectivity index (χ0v) is 11.3. The Bertz CT molecular complexity index is 479. The van der Waals surface area contributed by atoms with Crippen LogP contribution in [0, 0.1) is 0 Å². The highest BCUT2D eigenvalue weighted by Gasteiger charge is 2.20. The predicted molar refractivity (Wildman–Crippen MR) is 73.3 cm³/mol. The van der Waals surface area contributed by atoms with Crippen LogP contribution in [-0.2, 0) is 4.79 Å². The summed E-state index contributed by atoms with van der Waals surface area (Å²) in [6.45, 7) is 4.80. The summed E-state index contributed by atoms with van der Waals surface area (Å²) in [4.78, 5) is 28.8. The van der Waals surface area contributed by atoms with Crippen molar-refractivity contribution in [2.24, 2.45) is 0 Å². The van der Waals surface area contributed by atoms with Gasteiger partial charge in [-0.3, -0.25) is 9.59 Å². The molecule has 102 valence electrons. The number of Topliss-reactive ketones (excluding diaryl/α,β-unsaturated/α-hetero) is 1. The molecule has 0 atom stereocenters. The van der Waals surface area contributed by atoms with Gasteiger partial charge in [0.25, 0.3) is 0 Å². The number of nitrogens with zero attached hydrogens (tertiary/aromatic N) is 2. The van der Waals surface area contributed by atoms with Crippen molar-refractivity contribution in [1.82, 2.24) is 10.3 Å². The predicted octanol–water partition coefficient (Wildman–Crippen LogP) is 1.39. The molecule has 0 aromatic carbocycles. The minimum Gasteiger partial charge on any atom is -0.356 e. The van der Waals surface area contributed by atoms with Crippen molar-refractivity contribution in [2.45, 2.75) is 32.7 Å². The highest BCUT2D eigenvalue weighted by atomic mass is 16.1. The molecule has 5 heteroatoms. The molecule has 0 spiro atoms. The molecule has 0 saturated carbocycles. The van der Waals surface area contributed by atoms with E-state index in [1.54, 1.807) is 26.1 Å². The molecule has 2 heterocycles. The van der Waals surface area contributed by atoms with Gasteiger partial charge in [-0.1, -0.05) is 0 Å². The normalized spacial score (nSPS) is 16.2. The lowest BCUT2D eigenvalue weighted by Gasteiger charge is -2.33. The summed E-state index contributed by atoms with van der Waals surface area (Å²) in [5, 5.41) is 2.94. The number of aromatic nitrogens is 1. The maximum Gasteiger partial charge on any atom is 0.217 e. The van der Waals surface area contributed by atoms with Crippen molar-refractivity contribution in [2.75, 3.05) is 18.0 Å². The van der Waals surface area contributed by atoms with Gasteiger partial charge in [0.2, 0.25) is 5.91 Å². The number of ketones is 1. The smallest absolute Gasteiger partial charge is 0.217 e. The summed E-state index contributed by atoms with van der Waals surface area (Å²) in [7, 11) is 0. The number of amides is 1. The molecule has 0 radical (unpaired) electrons. The Labute approximate surface area is 113 Å². The molecule has 1 fully saturated rings. The first kappa shape index (κ1) is 13.5. The van der Waals surface area contributed by atoms with Crippen LogP contribution in [0.15, 0.2) is 18.3 Å². The summed E-state index contributed by atoms with van der Waals surface area (Å²) in [6.07, 6.45) is 3.49. The lowest BCUT2D eigenvalue weighted by molar-refractivity contribution is -0.119. The Hall–Kier alpha value is -1.91. The third-order valence-corrected chi connectivity index (χ3v) is 3.38. The monoisotopic (exact) mass is 261 g/mol. The van der Waals surface area contributed by atoms with E-state index in [9.17, 15) is 9.59 Å². The molecule has 0 bridgehead atoms. The number of hydrogen-bond donors (Lipinski definition) is 1. The van der Waals surface area contributed by atoms with Crippen LogP contribution in [0.2, 0.25) is 0 Å².